The number of hydrogen-bond donors (Lipinski definition) is 4. The summed E-state index contributed by atoms with van der Waals surface area (Å²) in [4.78, 5) is 27.3. The van der Waals surface area contributed by atoms with Gasteiger partial charge in [0.05, 0.1) is 29.1 Å². The van der Waals surface area contributed by atoms with Crippen LogP contribution in [0.3, 0.4) is 0 Å². The van der Waals surface area contributed by atoms with E-state index in [0.717, 1.165) is 30.5 Å². The SMILES string of the molecule is CC1(C)c2[nH]nc(NC(=O)C3(S(C)(C)C)CCC3)c2CN1C(=O)NCCO. The van der Waals surface area contributed by atoms with Crippen molar-refractivity contribution in [1.82, 2.24) is 20.4 Å². The molecule has 9 heteroatoms. The van der Waals surface area contributed by atoms with Crippen LogP contribution in [0.25, 0.3) is 0 Å². The van der Waals surface area contributed by atoms with Crippen LogP contribution >= 0.6 is 10.0 Å². The summed E-state index contributed by atoms with van der Waals surface area (Å²) >= 11 is 0. The maximum Gasteiger partial charge on any atom is 0.318 e. The van der Waals surface area contributed by atoms with Gasteiger partial charge in [-0.25, -0.2) is 14.8 Å². The van der Waals surface area contributed by atoms with Crippen LogP contribution in [0, 0.1) is 0 Å². The topological polar surface area (TPSA) is 110 Å². The zero-order valence-corrected chi connectivity index (χ0v) is 17.6. The highest BCUT2D eigenvalue weighted by Crippen LogP contribution is 2.60. The monoisotopic (exact) mass is 397 g/mol. The fraction of sp³-hybridized carbons (Fsp3) is 0.722. The van der Waals surface area contributed by atoms with Crippen molar-refractivity contribution in [3.63, 3.8) is 0 Å². The molecule has 1 aliphatic carbocycles. The molecule has 0 spiro atoms. The summed E-state index contributed by atoms with van der Waals surface area (Å²) < 4.78 is -0.287. The van der Waals surface area contributed by atoms with Crippen molar-refractivity contribution in [2.45, 2.75) is 49.9 Å². The fourth-order valence-corrected chi connectivity index (χ4v) is 6.16. The Hall–Kier alpha value is -1.74. The highest BCUT2D eigenvalue weighted by Gasteiger charge is 2.51. The van der Waals surface area contributed by atoms with E-state index >= 15 is 0 Å². The van der Waals surface area contributed by atoms with E-state index < -0.39 is 15.6 Å². The number of H-pyrrole nitrogens is 1. The molecule has 8 nitrogen and oxygen atoms in total. The normalized spacial score (nSPS) is 20.6. The first-order chi connectivity index (χ1) is 12.5. The number of urea groups is 1. The van der Waals surface area contributed by atoms with E-state index in [-0.39, 0.29) is 29.8 Å². The van der Waals surface area contributed by atoms with E-state index in [9.17, 15) is 9.59 Å². The molecule has 152 valence electrons. The Morgan fingerprint density at radius 3 is 2.48 bits per heavy atom. The highest BCUT2D eigenvalue weighted by atomic mass is 32.3. The third kappa shape index (κ3) is 3.10. The first kappa shape index (κ1) is 20.0. The summed E-state index contributed by atoms with van der Waals surface area (Å²) in [7, 11) is -1.05. The Labute approximate surface area is 161 Å². The van der Waals surface area contributed by atoms with Gasteiger partial charge in [-0.05, 0) is 51.9 Å². The Balaban J connectivity index is 1.81. The lowest BCUT2D eigenvalue weighted by atomic mass is 9.83. The van der Waals surface area contributed by atoms with E-state index in [0.29, 0.717) is 12.4 Å². The Morgan fingerprint density at radius 2 is 1.96 bits per heavy atom. The van der Waals surface area contributed by atoms with Crippen LogP contribution in [0.4, 0.5) is 10.6 Å². The first-order valence-electron chi connectivity index (χ1n) is 9.28. The molecule has 27 heavy (non-hydrogen) atoms. The second-order valence-corrected chi connectivity index (χ2v) is 13.1. The smallest absolute Gasteiger partial charge is 0.318 e. The summed E-state index contributed by atoms with van der Waals surface area (Å²) in [5.74, 6) is 0.571. The number of carbonyl (C=O) groups excluding carboxylic acids is 2. The van der Waals surface area contributed by atoms with Crippen molar-refractivity contribution in [1.29, 1.82) is 0 Å². The molecule has 2 heterocycles. The maximum absolute atomic E-state index is 13.1. The molecular weight excluding hydrogens is 366 g/mol. The Kier molecular flexibility index (Phi) is 4.96. The molecule has 0 bridgehead atoms. The van der Waals surface area contributed by atoms with E-state index in [4.69, 9.17) is 5.11 Å². The minimum Gasteiger partial charge on any atom is -0.395 e. The van der Waals surface area contributed by atoms with Gasteiger partial charge in [-0.2, -0.15) is 5.10 Å². The largest absolute Gasteiger partial charge is 0.395 e. The van der Waals surface area contributed by atoms with Crippen molar-refractivity contribution < 1.29 is 14.7 Å². The number of aliphatic hydroxyl groups excluding tert-OH is 1. The number of aromatic nitrogens is 2. The number of nitrogens with zero attached hydrogens (tertiary/aromatic N) is 2. The highest BCUT2D eigenvalue weighted by molar-refractivity contribution is 8.33. The first-order valence-corrected chi connectivity index (χ1v) is 12.1. The predicted octanol–water partition coefficient (Wildman–Crippen LogP) is 1.72. The molecule has 1 fully saturated rings. The molecule has 1 saturated carbocycles. The molecule has 4 N–H and O–H groups in total. The fourth-order valence-electron chi connectivity index (χ4n) is 4.04. The summed E-state index contributed by atoms with van der Waals surface area (Å²) in [6.45, 7) is 4.34. The van der Waals surface area contributed by atoms with Crippen LogP contribution in [0.1, 0.15) is 44.4 Å². The van der Waals surface area contributed by atoms with Gasteiger partial charge in [0, 0.05) is 12.1 Å². The van der Waals surface area contributed by atoms with Crippen LogP contribution in [0.15, 0.2) is 0 Å². The number of nitrogens with one attached hydrogen (secondary N) is 3. The number of aliphatic hydroxyl groups is 1. The molecule has 1 aromatic heterocycles. The van der Waals surface area contributed by atoms with Crippen molar-refractivity contribution in [3.05, 3.63) is 11.3 Å². The second-order valence-electron chi connectivity index (χ2n) is 8.67. The van der Waals surface area contributed by atoms with E-state index in [2.05, 4.69) is 39.6 Å². The average molecular weight is 398 g/mol. The van der Waals surface area contributed by atoms with Gasteiger partial charge in [0.25, 0.3) is 0 Å². The second kappa shape index (κ2) is 6.70. The standard InChI is InChI=1S/C18H31N5O3S/c1-17(2)13-12(11-23(17)16(26)19-9-10-24)14(22-21-13)20-15(25)18(7-6-8-18)27(3,4)5/h24H,6-11H2,1-5H3,(H,19,26)(H2,20,21,22,25). The molecule has 3 rings (SSSR count). The molecule has 0 atom stereocenters. The number of fused-ring (bicyclic) bond motifs is 1. The van der Waals surface area contributed by atoms with Gasteiger partial charge in [-0.1, -0.05) is 0 Å². The number of aromatic amines is 1. The average Bonchev–Trinajstić information content (AvgIpc) is 3.01. The van der Waals surface area contributed by atoms with Crippen molar-refractivity contribution in [2.75, 3.05) is 37.2 Å². The molecule has 3 amide bonds. The maximum atomic E-state index is 13.1. The van der Waals surface area contributed by atoms with Crippen molar-refractivity contribution in [3.8, 4) is 0 Å². The molecule has 0 radical (unpaired) electrons. The number of hydrogen-bond acceptors (Lipinski definition) is 4. The number of rotatable bonds is 5. The zero-order valence-electron chi connectivity index (χ0n) is 16.8. The van der Waals surface area contributed by atoms with Gasteiger partial charge in [0.1, 0.15) is 0 Å². The van der Waals surface area contributed by atoms with Crippen LogP contribution in [0.2, 0.25) is 0 Å². The van der Waals surface area contributed by atoms with E-state index in [1.165, 1.54) is 0 Å². The van der Waals surface area contributed by atoms with Gasteiger partial charge in [0.15, 0.2) is 5.82 Å². The minimum atomic E-state index is -1.05. The summed E-state index contributed by atoms with van der Waals surface area (Å²) in [6.07, 6.45) is 9.50. The zero-order chi connectivity index (χ0) is 20.0. The predicted molar refractivity (Wildman–Crippen MR) is 108 cm³/mol. The van der Waals surface area contributed by atoms with Gasteiger partial charge >= 0.3 is 6.03 Å². The Bertz CT molecular complexity index is 749. The third-order valence-corrected chi connectivity index (χ3v) is 9.02. The summed E-state index contributed by atoms with van der Waals surface area (Å²) in [5, 5.41) is 22.0. The van der Waals surface area contributed by atoms with Gasteiger partial charge in [0.2, 0.25) is 5.91 Å². The van der Waals surface area contributed by atoms with Gasteiger partial charge in [-0.3, -0.25) is 9.89 Å². The van der Waals surface area contributed by atoms with Crippen LogP contribution in [-0.4, -0.2) is 68.8 Å². The molecule has 0 aromatic carbocycles. The molecule has 1 aromatic rings. The van der Waals surface area contributed by atoms with Crippen LogP contribution in [0.5, 0.6) is 0 Å². The molecule has 0 saturated heterocycles. The van der Waals surface area contributed by atoms with Gasteiger partial charge < -0.3 is 20.6 Å². The lowest BCUT2D eigenvalue weighted by Crippen LogP contribution is -2.51. The van der Waals surface area contributed by atoms with Gasteiger partial charge in [-0.15, -0.1) is 0 Å². The van der Waals surface area contributed by atoms with E-state index in [1.807, 2.05) is 13.8 Å². The number of amides is 3. The summed E-state index contributed by atoms with van der Waals surface area (Å²) in [6, 6.07) is -0.245. The number of carbonyl (C=O) groups is 2. The van der Waals surface area contributed by atoms with Crippen molar-refractivity contribution in [2.24, 2.45) is 0 Å². The lowest BCUT2D eigenvalue weighted by Gasteiger charge is -2.53. The van der Waals surface area contributed by atoms with Crippen LogP contribution < -0.4 is 10.6 Å². The third-order valence-electron chi connectivity index (χ3n) is 6.08. The lowest BCUT2D eigenvalue weighted by molar-refractivity contribution is -0.120. The van der Waals surface area contributed by atoms with Crippen LogP contribution in [-0.2, 0) is 16.9 Å². The molecular formula is C18H31N5O3S. The molecule has 1 aliphatic heterocycles. The Morgan fingerprint density at radius 1 is 1.30 bits per heavy atom. The molecule has 2 aliphatic rings. The number of anilines is 1. The van der Waals surface area contributed by atoms with E-state index in [1.54, 1.807) is 4.90 Å². The van der Waals surface area contributed by atoms with Crippen molar-refractivity contribution >= 4 is 27.8 Å². The summed E-state index contributed by atoms with van der Waals surface area (Å²) in [5.41, 5.74) is 1.11. The molecule has 0 unspecified atom stereocenters. The quantitative estimate of drug-likeness (QED) is 0.606. The minimum absolute atomic E-state index is 0.0477.